The molecule has 2 amide bonds. The van der Waals surface area contributed by atoms with E-state index in [0.29, 0.717) is 0 Å². The van der Waals surface area contributed by atoms with Crippen molar-refractivity contribution in [3.05, 3.63) is 12.7 Å². The van der Waals surface area contributed by atoms with Gasteiger partial charge in [0, 0.05) is 12.2 Å². The fourth-order valence-electron chi connectivity index (χ4n) is 1.61. The van der Waals surface area contributed by atoms with E-state index in [-0.39, 0.29) is 18.6 Å². The van der Waals surface area contributed by atoms with E-state index in [1.54, 1.807) is 0 Å². The third-order valence-corrected chi connectivity index (χ3v) is 4.87. The first-order valence-electron chi connectivity index (χ1n) is 7.71. The lowest BCUT2D eigenvalue weighted by atomic mass is 10.1. The molecule has 0 fully saturated rings. The van der Waals surface area contributed by atoms with Crippen molar-refractivity contribution in [2.45, 2.75) is 36.6 Å². The van der Waals surface area contributed by atoms with Crippen molar-refractivity contribution >= 4 is 41.5 Å². The Hall–Kier alpha value is -2.60. The minimum Gasteiger partial charge on any atom is -0.480 e. The zero-order chi connectivity index (χ0) is 21.2. The molecule has 0 bridgehead atoms. The number of hydrogen-bond donors (Lipinski definition) is 6. The molecule has 0 heterocycles. The Labute approximate surface area is 159 Å². The number of amides is 2. The Kier molecular flexibility index (Phi) is 10.1. The number of carbonyl (C=O) groups is 5. The summed E-state index contributed by atoms with van der Waals surface area (Å²) in [4.78, 5) is 56.6. The molecular formula is C15H23N3O8S. The Morgan fingerprint density at radius 1 is 1.22 bits per heavy atom. The highest BCUT2D eigenvalue weighted by Gasteiger charge is 2.33. The molecule has 3 atom stereocenters. The molecule has 27 heavy (non-hydrogen) atoms. The van der Waals surface area contributed by atoms with Crippen molar-refractivity contribution in [1.29, 1.82) is 0 Å². The van der Waals surface area contributed by atoms with Crippen LogP contribution in [0.1, 0.15) is 19.8 Å². The summed E-state index contributed by atoms with van der Waals surface area (Å²) < 4.78 is -1.43. The van der Waals surface area contributed by atoms with Gasteiger partial charge in [0.2, 0.25) is 11.8 Å². The minimum atomic E-state index is -1.43. The number of nitrogens with two attached hydrogens (primary N) is 1. The van der Waals surface area contributed by atoms with E-state index in [4.69, 9.17) is 15.9 Å². The molecule has 0 spiro atoms. The fraction of sp³-hybridized carbons (Fsp3) is 0.533. The van der Waals surface area contributed by atoms with Gasteiger partial charge in [-0.15, -0.1) is 18.3 Å². The van der Waals surface area contributed by atoms with Crippen LogP contribution in [0.3, 0.4) is 0 Å². The predicted molar refractivity (Wildman–Crippen MR) is 96.1 cm³/mol. The summed E-state index contributed by atoms with van der Waals surface area (Å²) in [6.45, 7) is 4.10. The largest absolute Gasteiger partial charge is 0.480 e. The van der Waals surface area contributed by atoms with Gasteiger partial charge in [0.25, 0.3) is 0 Å². The van der Waals surface area contributed by atoms with Crippen LogP contribution in [0.15, 0.2) is 12.7 Å². The third kappa shape index (κ3) is 9.06. The van der Waals surface area contributed by atoms with Crippen LogP contribution in [0.25, 0.3) is 0 Å². The molecule has 0 aromatic heterocycles. The lowest BCUT2D eigenvalue weighted by molar-refractivity contribution is -0.139. The van der Waals surface area contributed by atoms with Crippen molar-refractivity contribution in [2.24, 2.45) is 5.73 Å². The molecule has 0 rings (SSSR count). The monoisotopic (exact) mass is 405 g/mol. The van der Waals surface area contributed by atoms with Gasteiger partial charge in [0.1, 0.15) is 23.4 Å². The summed E-state index contributed by atoms with van der Waals surface area (Å²) in [5, 5.41) is 31.0. The van der Waals surface area contributed by atoms with Crippen LogP contribution in [0.4, 0.5) is 0 Å². The number of nitrogens with one attached hydrogen (secondary N) is 2. The molecule has 12 heteroatoms. The second-order valence-electron chi connectivity index (χ2n) is 5.64. The maximum absolute atomic E-state index is 12.1. The number of carboxylic acids is 3. The summed E-state index contributed by atoms with van der Waals surface area (Å²) in [5.74, 6) is -5.47. The molecule has 0 aliphatic rings. The summed E-state index contributed by atoms with van der Waals surface area (Å²) in [7, 11) is 0. The lowest BCUT2D eigenvalue weighted by Gasteiger charge is -2.24. The zero-order valence-electron chi connectivity index (χ0n) is 14.6. The van der Waals surface area contributed by atoms with Crippen molar-refractivity contribution in [1.82, 2.24) is 10.6 Å². The molecule has 11 nitrogen and oxygen atoms in total. The van der Waals surface area contributed by atoms with Gasteiger partial charge in [-0.25, -0.2) is 0 Å². The molecular weight excluding hydrogens is 382 g/mol. The van der Waals surface area contributed by atoms with Gasteiger partial charge in [-0.3, -0.25) is 24.0 Å². The standard InChI is InChI=1S/C15H23N3O8S/c1-3-15(2,14(25)26)27-7-9(12(22)17-6-11(20)21)18-10(19)5-4-8(16)13(23)24/h3,8-9H,1,4-7,16H2,2H3,(H,17,22)(H,18,19)(H,20,21)(H,23,24)(H,25,26)/t8-,9-,15?/m0/s1. The number of aliphatic carboxylic acids is 3. The van der Waals surface area contributed by atoms with E-state index < -0.39 is 53.1 Å². The van der Waals surface area contributed by atoms with E-state index in [2.05, 4.69) is 17.2 Å². The van der Waals surface area contributed by atoms with Gasteiger partial charge >= 0.3 is 17.9 Å². The fourth-order valence-corrected chi connectivity index (χ4v) is 2.60. The van der Waals surface area contributed by atoms with Gasteiger partial charge in [0.05, 0.1) is 0 Å². The molecule has 0 aliphatic carbocycles. The van der Waals surface area contributed by atoms with Gasteiger partial charge in [0.15, 0.2) is 0 Å². The van der Waals surface area contributed by atoms with Crippen LogP contribution in [0.2, 0.25) is 0 Å². The summed E-state index contributed by atoms with van der Waals surface area (Å²) >= 11 is 0.815. The van der Waals surface area contributed by atoms with Gasteiger partial charge in [-0.2, -0.15) is 0 Å². The topological polar surface area (TPSA) is 196 Å². The predicted octanol–water partition coefficient (Wildman–Crippen LogP) is -1.37. The highest BCUT2D eigenvalue weighted by molar-refractivity contribution is 8.01. The molecule has 0 aromatic rings. The lowest BCUT2D eigenvalue weighted by Crippen LogP contribution is -2.50. The maximum Gasteiger partial charge on any atom is 0.323 e. The summed E-state index contributed by atoms with van der Waals surface area (Å²) in [5.41, 5.74) is 5.30. The van der Waals surface area contributed by atoms with Crippen molar-refractivity contribution in [3.8, 4) is 0 Å². The second-order valence-corrected chi connectivity index (χ2v) is 7.11. The van der Waals surface area contributed by atoms with Crippen LogP contribution in [-0.2, 0) is 24.0 Å². The molecule has 0 aliphatic heterocycles. The van der Waals surface area contributed by atoms with E-state index >= 15 is 0 Å². The number of hydrogen-bond acceptors (Lipinski definition) is 7. The average Bonchev–Trinajstić information content (AvgIpc) is 2.60. The number of thioether (sulfide) groups is 1. The Balaban J connectivity index is 5.02. The minimum absolute atomic E-state index is 0.169. The van der Waals surface area contributed by atoms with Crippen LogP contribution in [0.5, 0.6) is 0 Å². The van der Waals surface area contributed by atoms with Gasteiger partial charge in [-0.1, -0.05) is 6.08 Å². The van der Waals surface area contributed by atoms with Crippen molar-refractivity contribution in [2.75, 3.05) is 12.3 Å². The Morgan fingerprint density at radius 3 is 2.26 bits per heavy atom. The van der Waals surface area contributed by atoms with Crippen LogP contribution >= 0.6 is 11.8 Å². The third-order valence-electron chi connectivity index (χ3n) is 3.43. The average molecular weight is 405 g/mol. The second kappa shape index (κ2) is 11.2. The maximum atomic E-state index is 12.1. The molecule has 7 N–H and O–H groups in total. The van der Waals surface area contributed by atoms with Crippen molar-refractivity contribution < 1.29 is 39.3 Å². The van der Waals surface area contributed by atoms with Crippen molar-refractivity contribution in [3.63, 3.8) is 0 Å². The molecule has 1 unspecified atom stereocenters. The highest BCUT2D eigenvalue weighted by atomic mass is 32.2. The highest BCUT2D eigenvalue weighted by Crippen LogP contribution is 2.27. The Bertz CT molecular complexity index is 612. The summed E-state index contributed by atoms with van der Waals surface area (Å²) in [6, 6.07) is -2.48. The molecule has 0 aromatic carbocycles. The Morgan fingerprint density at radius 2 is 1.81 bits per heavy atom. The quantitative estimate of drug-likeness (QED) is 0.199. The van der Waals surface area contributed by atoms with E-state index in [9.17, 15) is 29.1 Å². The summed E-state index contributed by atoms with van der Waals surface area (Å²) in [6.07, 6.45) is 0.718. The number of carbonyl (C=O) groups excluding carboxylic acids is 2. The van der Waals surface area contributed by atoms with E-state index in [1.165, 1.54) is 13.0 Å². The number of carboxylic acid groups (broad SMARTS) is 3. The van der Waals surface area contributed by atoms with E-state index in [1.807, 2.05) is 0 Å². The van der Waals surface area contributed by atoms with Crippen LogP contribution in [-0.4, -0.2) is 74.2 Å². The first kappa shape index (κ1) is 24.4. The van der Waals surface area contributed by atoms with Gasteiger partial charge in [-0.05, 0) is 13.3 Å². The van der Waals surface area contributed by atoms with Crippen LogP contribution in [0, 0.1) is 0 Å². The number of rotatable bonds is 13. The molecule has 0 saturated carbocycles. The molecule has 152 valence electrons. The smallest absolute Gasteiger partial charge is 0.323 e. The SMILES string of the molecule is C=CC(C)(SC[C@H](NC(=O)CC[C@H](N)C(=O)O)C(=O)NCC(=O)O)C(=O)O. The zero-order valence-corrected chi connectivity index (χ0v) is 15.5. The van der Waals surface area contributed by atoms with Gasteiger partial charge < -0.3 is 31.7 Å². The molecule has 0 saturated heterocycles. The first-order valence-corrected chi connectivity index (χ1v) is 8.69. The van der Waals surface area contributed by atoms with Crippen LogP contribution < -0.4 is 16.4 Å². The van der Waals surface area contributed by atoms with E-state index in [0.717, 1.165) is 11.8 Å². The molecule has 0 radical (unpaired) electrons. The normalized spacial score (nSPS) is 14.9. The first-order chi connectivity index (χ1) is 12.4.